The summed E-state index contributed by atoms with van der Waals surface area (Å²) in [5.41, 5.74) is 0. The van der Waals surface area contributed by atoms with Crippen molar-refractivity contribution in [2.75, 3.05) is 13.2 Å². The van der Waals surface area contributed by atoms with E-state index < -0.39 is 0 Å². The van der Waals surface area contributed by atoms with Gasteiger partial charge in [-0.25, -0.2) is 0 Å². The van der Waals surface area contributed by atoms with Gasteiger partial charge >= 0.3 is 0 Å². The van der Waals surface area contributed by atoms with Gasteiger partial charge in [0.05, 0.1) is 6.61 Å². The average Bonchev–Trinajstić information content (AvgIpc) is 2.15. The minimum Gasteiger partial charge on any atom is -0.395 e. The number of carbonyl (C=O) groups excluding carboxylic acids is 1. The Morgan fingerprint density at radius 2 is 2.42 bits per heavy atom. The topological polar surface area (TPSA) is 49.3 Å². The van der Waals surface area contributed by atoms with E-state index in [0.29, 0.717) is 6.54 Å². The van der Waals surface area contributed by atoms with Crippen molar-refractivity contribution in [2.24, 2.45) is 5.92 Å². The van der Waals surface area contributed by atoms with E-state index in [1.54, 1.807) is 0 Å². The van der Waals surface area contributed by atoms with Crippen LogP contribution < -0.4 is 5.32 Å². The molecule has 1 aliphatic rings. The van der Waals surface area contributed by atoms with Crippen molar-refractivity contribution in [3.05, 3.63) is 12.2 Å². The van der Waals surface area contributed by atoms with E-state index in [1.807, 2.05) is 6.08 Å². The lowest BCUT2D eigenvalue weighted by Gasteiger charge is -2.16. The minimum absolute atomic E-state index is 0.0221. The van der Waals surface area contributed by atoms with Crippen molar-refractivity contribution in [3.63, 3.8) is 0 Å². The zero-order valence-electron chi connectivity index (χ0n) is 7.12. The average molecular weight is 169 g/mol. The van der Waals surface area contributed by atoms with Crippen LogP contribution in [0.3, 0.4) is 0 Å². The molecule has 1 unspecified atom stereocenters. The Morgan fingerprint density at radius 1 is 1.58 bits per heavy atom. The smallest absolute Gasteiger partial charge is 0.223 e. The zero-order chi connectivity index (χ0) is 8.81. The summed E-state index contributed by atoms with van der Waals surface area (Å²) in [6, 6.07) is 0. The number of allylic oxidation sites excluding steroid dienone is 2. The van der Waals surface area contributed by atoms with Gasteiger partial charge in [-0.15, -0.1) is 0 Å². The third-order valence-electron chi connectivity index (χ3n) is 2.05. The first kappa shape index (κ1) is 9.26. The first-order chi connectivity index (χ1) is 5.84. The predicted molar refractivity (Wildman–Crippen MR) is 46.6 cm³/mol. The highest BCUT2D eigenvalue weighted by Crippen LogP contribution is 2.17. The van der Waals surface area contributed by atoms with Crippen molar-refractivity contribution in [2.45, 2.75) is 19.3 Å². The summed E-state index contributed by atoms with van der Waals surface area (Å²) in [6.45, 7) is 0.396. The highest BCUT2D eigenvalue weighted by Gasteiger charge is 2.17. The number of rotatable bonds is 3. The van der Waals surface area contributed by atoms with Gasteiger partial charge < -0.3 is 10.4 Å². The van der Waals surface area contributed by atoms with Crippen molar-refractivity contribution < 1.29 is 9.90 Å². The molecule has 0 spiro atoms. The third kappa shape index (κ3) is 2.66. The van der Waals surface area contributed by atoms with Gasteiger partial charge in [-0.1, -0.05) is 12.2 Å². The van der Waals surface area contributed by atoms with Crippen molar-refractivity contribution in [1.82, 2.24) is 5.32 Å². The molecular weight excluding hydrogens is 154 g/mol. The molecule has 2 N–H and O–H groups in total. The largest absolute Gasteiger partial charge is 0.395 e. The number of hydrogen-bond donors (Lipinski definition) is 2. The van der Waals surface area contributed by atoms with Gasteiger partial charge in [-0.2, -0.15) is 0 Å². The van der Waals surface area contributed by atoms with E-state index in [1.165, 1.54) is 0 Å². The van der Waals surface area contributed by atoms with Gasteiger partial charge in [0.25, 0.3) is 0 Å². The molecule has 0 aliphatic heterocycles. The van der Waals surface area contributed by atoms with Gasteiger partial charge in [0.1, 0.15) is 0 Å². The van der Waals surface area contributed by atoms with E-state index in [0.717, 1.165) is 19.3 Å². The first-order valence-electron chi connectivity index (χ1n) is 4.38. The van der Waals surface area contributed by atoms with E-state index >= 15 is 0 Å². The van der Waals surface area contributed by atoms with E-state index in [-0.39, 0.29) is 18.4 Å². The van der Waals surface area contributed by atoms with Crippen LogP contribution in [0.4, 0.5) is 0 Å². The highest BCUT2D eigenvalue weighted by molar-refractivity contribution is 5.78. The molecule has 0 aromatic carbocycles. The number of amides is 1. The maximum absolute atomic E-state index is 11.3. The summed E-state index contributed by atoms with van der Waals surface area (Å²) in [5.74, 6) is 0.204. The molecule has 0 radical (unpaired) electrons. The molecule has 0 saturated carbocycles. The monoisotopic (exact) mass is 169 g/mol. The lowest BCUT2D eigenvalue weighted by molar-refractivity contribution is -0.125. The summed E-state index contributed by atoms with van der Waals surface area (Å²) in [6.07, 6.45) is 6.94. The second-order valence-electron chi connectivity index (χ2n) is 3.00. The molecule has 0 aromatic heterocycles. The van der Waals surface area contributed by atoms with Crippen LogP contribution in [0, 0.1) is 5.92 Å². The van der Waals surface area contributed by atoms with Gasteiger partial charge in [-0.05, 0) is 19.3 Å². The van der Waals surface area contributed by atoms with E-state index in [9.17, 15) is 4.79 Å². The van der Waals surface area contributed by atoms with Crippen LogP contribution in [-0.2, 0) is 4.79 Å². The molecule has 0 bridgehead atoms. The van der Waals surface area contributed by atoms with Crippen molar-refractivity contribution in [3.8, 4) is 0 Å². The number of hydrogen-bond acceptors (Lipinski definition) is 2. The Kier molecular flexibility index (Phi) is 3.80. The number of carbonyl (C=O) groups is 1. The minimum atomic E-state index is 0.0221. The molecule has 68 valence electrons. The molecule has 1 amide bonds. The van der Waals surface area contributed by atoms with Gasteiger partial charge in [-0.3, -0.25) is 4.79 Å². The van der Waals surface area contributed by atoms with Gasteiger partial charge in [0.15, 0.2) is 0 Å². The van der Waals surface area contributed by atoms with Crippen LogP contribution in [0.15, 0.2) is 12.2 Å². The molecule has 3 nitrogen and oxygen atoms in total. The Labute approximate surface area is 72.5 Å². The molecule has 0 saturated heterocycles. The van der Waals surface area contributed by atoms with Crippen LogP contribution in [0.5, 0.6) is 0 Å². The zero-order valence-corrected chi connectivity index (χ0v) is 7.12. The Bertz CT molecular complexity index is 177. The van der Waals surface area contributed by atoms with Crippen molar-refractivity contribution >= 4 is 5.91 Å². The predicted octanol–water partition coefficient (Wildman–Crippen LogP) is 0.451. The van der Waals surface area contributed by atoms with Crippen LogP contribution in [0.1, 0.15) is 19.3 Å². The maximum atomic E-state index is 11.3. The molecule has 1 rings (SSSR count). The standard InChI is InChI=1S/C9H15NO2/c11-7-6-10-9(12)8-4-2-1-3-5-8/h1-2,8,11H,3-7H2,(H,10,12). The second-order valence-corrected chi connectivity index (χ2v) is 3.00. The van der Waals surface area contributed by atoms with Gasteiger partial charge in [0, 0.05) is 12.5 Å². The maximum Gasteiger partial charge on any atom is 0.223 e. The second kappa shape index (κ2) is 4.93. The Balaban J connectivity index is 2.26. The van der Waals surface area contributed by atoms with Crippen LogP contribution in [-0.4, -0.2) is 24.2 Å². The van der Waals surface area contributed by atoms with Crippen LogP contribution in [0.2, 0.25) is 0 Å². The fraction of sp³-hybridized carbons (Fsp3) is 0.667. The summed E-state index contributed by atoms with van der Waals surface area (Å²) in [4.78, 5) is 11.3. The van der Waals surface area contributed by atoms with Gasteiger partial charge in [0.2, 0.25) is 5.91 Å². The number of aliphatic hydroxyl groups is 1. The van der Waals surface area contributed by atoms with Crippen LogP contribution in [0.25, 0.3) is 0 Å². The lowest BCUT2D eigenvalue weighted by Crippen LogP contribution is -2.33. The molecular formula is C9H15NO2. The highest BCUT2D eigenvalue weighted by atomic mass is 16.3. The number of aliphatic hydroxyl groups excluding tert-OH is 1. The molecule has 1 atom stereocenters. The van der Waals surface area contributed by atoms with Crippen molar-refractivity contribution in [1.29, 1.82) is 0 Å². The fourth-order valence-corrected chi connectivity index (χ4v) is 1.36. The summed E-state index contributed by atoms with van der Waals surface area (Å²) >= 11 is 0. The lowest BCUT2D eigenvalue weighted by atomic mass is 9.94. The quantitative estimate of drug-likeness (QED) is 0.603. The third-order valence-corrected chi connectivity index (χ3v) is 2.05. The van der Waals surface area contributed by atoms with Crippen LogP contribution >= 0.6 is 0 Å². The number of nitrogens with one attached hydrogen (secondary N) is 1. The molecule has 0 heterocycles. The summed E-state index contributed by atoms with van der Waals surface area (Å²) in [5, 5.41) is 11.2. The SMILES string of the molecule is O=C(NCCO)C1CC=CCC1. The molecule has 0 fully saturated rings. The van der Waals surface area contributed by atoms with E-state index in [2.05, 4.69) is 11.4 Å². The summed E-state index contributed by atoms with van der Waals surface area (Å²) in [7, 11) is 0. The van der Waals surface area contributed by atoms with E-state index in [4.69, 9.17) is 5.11 Å². The fourth-order valence-electron chi connectivity index (χ4n) is 1.36. The Morgan fingerprint density at radius 3 is 3.00 bits per heavy atom. The molecule has 3 heteroatoms. The Hall–Kier alpha value is -0.830. The molecule has 12 heavy (non-hydrogen) atoms. The molecule has 0 aromatic rings. The summed E-state index contributed by atoms with van der Waals surface area (Å²) < 4.78 is 0. The first-order valence-corrected chi connectivity index (χ1v) is 4.38. The molecule has 1 aliphatic carbocycles. The normalized spacial score (nSPS) is 22.2.